The molecule has 1 aromatic heterocycles. The summed E-state index contributed by atoms with van der Waals surface area (Å²) in [6.45, 7) is 3.17. The molecule has 0 unspecified atom stereocenters. The van der Waals surface area contributed by atoms with E-state index in [1.807, 2.05) is 0 Å². The molecule has 3 rings (SSSR count). The van der Waals surface area contributed by atoms with Crippen LogP contribution in [0, 0.1) is 6.92 Å². The van der Waals surface area contributed by atoms with Crippen LogP contribution in [0.5, 0.6) is 5.75 Å². The SMILES string of the molecule is Cc1c(CC(=O)N2CCCCC2)c(=O)oc2c(C=O)c(O)ccc12. The molecule has 1 saturated heterocycles. The summed E-state index contributed by atoms with van der Waals surface area (Å²) in [5.41, 5.74) is 0.276. The lowest BCUT2D eigenvalue weighted by molar-refractivity contribution is -0.131. The average molecular weight is 329 g/mol. The fraction of sp³-hybridized carbons (Fsp3) is 0.389. The maximum absolute atomic E-state index is 12.4. The Bertz CT molecular complexity index is 862. The third-order valence-electron chi connectivity index (χ3n) is 4.63. The number of fused-ring (bicyclic) bond motifs is 1. The Morgan fingerprint density at radius 2 is 2.00 bits per heavy atom. The van der Waals surface area contributed by atoms with Gasteiger partial charge in [-0.3, -0.25) is 9.59 Å². The Labute approximate surface area is 138 Å². The zero-order valence-electron chi connectivity index (χ0n) is 13.5. The number of phenolic OH excluding ortho intramolecular Hbond substituents is 1. The van der Waals surface area contributed by atoms with Gasteiger partial charge in [-0.2, -0.15) is 0 Å². The molecule has 0 spiro atoms. The number of amides is 1. The third-order valence-corrected chi connectivity index (χ3v) is 4.63. The molecule has 1 aliphatic heterocycles. The largest absolute Gasteiger partial charge is 0.507 e. The third kappa shape index (κ3) is 2.79. The van der Waals surface area contributed by atoms with E-state index in [0.717, 1.165) is 32.4 Å². The van der Waals surface area contributed by atoms with E-state index in [1.54, 1.807) is 17.9 Å². The van der Waals surface area contributed by atoms with E-state index in [-0.39, 0.29) is 29.2 Å². The Morgan fingerprint density at radius 1 is 1.29 bits per heavy atom. The summed E-state index contributed by atoms with van der Waals surface area (Å²) in [7, 11) is 0. The zero-order valence-corrected chi connectivity index (χ0v) is 13.5. The second kappa shape index (κ2) is 6.47. The summed E-state index contributed by atoms with van der Waals surface area (Å²) in [6.07, 6.45) is 3.54. The molecule has 0 radical (unpaired) electrons. The first kappa shape index (κ1) is 16.2. The highest BCUT2D eigenvalue weighted by atomic mass is 16.4. The quantitative estimate of drug-likeness (QED) is 0.689. The van der Waals surface area contributed by atoms with Gasteiger partial charge in [0.25, 0.3) is 0 Å². The van der Waals surface area contributed by atoms with Crippen LogP contribution in [-0.2, 0) is 11.2 Å². The van der Waals surface area contributed by atoms with E-state index in [2.05, 4.69) is 0 Å². The van der Waals surface area contributed by atoms with Gasteiger partial charge in [0.1, 0.15) is 5.75 Å². The second-order valence-electron chi connectivity index (χ2n) is 6.10. The van der Waals surface area contributed by atoms with Crippen molar-refractivity contribution in [3.8, 4) is 5.75 Å². The number of likely N-dealkylation sites (tertiary alicyclic amines) is 1. The predicted octanol–water partition coefficient (Wildman–Crippen LogP) is 2.17. The lowest BCUT2D eigenvalue weighted by Gasteiger charge is -2.26. The molecule has 1 fully saturated rings. The van der Waals surface area contributed by atoms with Crippen LogP contribution in [0.25, 0.3) is 11.0 Å². The minimum absolute atomic E-state index is 0.0125. The van der Waals surface area contributed by atoms with Crippen LogP contribution in [0.3, 0.4) is 0 Å². The minimum Gasteiger partial charge on any atom is -0.507 e. The van der Waals surface area contributed by atoms with Crippen LogP contribution < -0.4 is 5.63 Å². The number of hydrogen-bond donors (Lipinski definition) is 1. The molecule has 6 heteroatoms. The molecule has 6 nitrogen and oxygen atoms in total. The van der Waals surface area contributed by atoms with Crippen LogP contribution in [0.1, 0.15) is 40.7 Å². The van der Waals surface area contributed by atoms with Gasteiger partial charge in [-0.1, -0.05) is 0 Å². The van der Waals surface area contributed by atoms with Gasteiger partial charge in [0.15, 0.2) is 11.9 Å². The second-order valence-corrected chi connectivity index (χ2v) is 6.10. The normalized spacial score (nSPS) is 14.8. The summed E-state index contributed by atoms with van der Waals surface area (Å²) < 4.78 is 5.25. The first-order chi connectivity index (χ1) is 11.5. The van der Waals surface area contributed by atoms with Crippen molar-refractivity contribution in [2.75, 3.05) is 13.1 Å². The fourth-order valence-corrected chi connectivity index (χ4v) is 3.19. The summed E-state index contributed by atoms with van der Waals surface area (Å²) >= 11 is 0. The summed E-state index contributed by atoms with van der Waals surface area (Å²) in [4.78, 5) is 37.7. The smallest absolute Gasteiger partial charge is 0.340 e. The van der Waals surface area contributed by atoms with E-state index in [4.69, 9.17) is 4.42 Å². The first-order valence-corrected chi connectivity index (χ1v) is 8.04. The molecule has 1 aliphatic rings. The van der Waals surface area contributed by atoms with E-state index >= 15 is 0 Å². The topological polar surface area (TPSA) is 87.8 Å². The molecule has 0 atom stereocenters. The van der Waals surface area contributed by atoms with Crippen molar-refractivity contribution < 1.29 is 19.1 Å². The van der Waals surface area contributed by atoms with Crippen molar-refractivity contribution in [1.29, 1.82) is 0 Å². The highest BCUT2D eigenvalue weighted by molar-refractivity contribution is 5.98. The van der Waals surface area contributed by atoms with Gasteiger partial charge in [-0.05, 0) is 43.9 Å². The van der Waals surface area contributed by atoms with Crippen molar-refractivity contribution in [1.82, 2.24) is 4.90 Å². The van der Waals surface area contributed by atoms with Crippen molar-refractivity contribution in [3.63, 3.8) is 0 Å². The Balaban J connectivity index is 2.03. The molecule has 2 heterocycles. The van der Waals surface area contributed by atoms with E-state index in [9.17, 15) is 19.5 Å². The number of rotatable bonds is 3. The molecule has 0 bridgehead atoms. The monoisotopic (exact) mass is 329 g/mol. The summed E-state index contributed by atoms with van der Waals surface area (Å²) in [5.74, 6) is -0.323. The predicted molar refractivity (Wildman–Crippen MR) is 88.4 cm³/mol. The van der Waals surface area contributed by atoms with Gasteiger partial charge >= 0.3 is 5.63 Å². The molecule has 24 heavy (non-hydrogen) atoms. The van der Waals surface area contributed by atoms with Gasteiger partial charge in [0, 0.05) is 18.5 Å². The molecular formula is C18H19NO5. The van der Waals surface area contributed by atoms with Crippen LogP contribution in [-0.4, -0.2) is 35.3 Å². The van der Waals surface area contributed by atoms with Crippen LogP contribution in [0.2, 0.25) is 0 Å². The highest BCUT2D eigenvalue weighted by Crippen LogP contribution is 2.28. The number of aryl methyl sites for hydroxylation is 1. The number of carbonyl (C=O) groups is 2. The first-order valence-electron chi connectivity index (χ1n) is 8.04. The molecular weight excluding hydrogens is 310 g/mol. The Morgan fingerprint density at radius 3 is 2.67 bits per heavy atom. The zero-order chi connectivity index (χ0) is 17.3. The number of carbonyl (C=O) groups excluding carboxylic acids is 2. The van der Waals surface area contributed by atoms with E-state index in [0.29, 0.717) is 22.8 Å². The Kier molecular flexibility index (Phi) is 4.38. The van der Waals surface area contributed by atoms with Crippen molar-refractivity contribution in [2.24, 2.45) is 0 Å². The average Bonchev–Trinajstić information content (AvgIpc) is 2.59. The molecule has 2 aromatic rings. The molecule has 126 valence electrons. The number of piperidine rings is 1. The van der Waals surface area contributed by atoms with Gasteiger partial charge < -0.3 is 14.4 Å². The standard InChI is InChI=1S/C18H19NO5/c1-11-12-5-6-15(21)14(10-20)17(12)24-18(23)13(11)9-16(22)19-7-3-2-4-8-19/h5-6,10,21H,2-4,7-9H2,1H3. The molecule has 0 aliphatic carbocycles. The number of nitrogens with zero attached hydrogens (tertiary/aromatic N) is 1. The lowest BCUT2D eigenvalue weighted by Crippen LogP contribution is -2.37. The van der Waals surface area contributed by atoms with Crippen LogP contribution >= 0.6 is 0 Å². The summed E-state index contributed by atoms with van der Waals surface area (Å²) in [5, 5.41) is 10.3. The van der Waals surface area contributed by atoms with Crippen LogP contribution in [0.15, 0.2) is 21.3 Å². The van der Waals surface area contributed by atoms with E-state index < -0.39 is 5.63 Å². The van der Waals surface area contributed by atoms with Gasteiger partial charge in [0.05, 0.1) is 17.5 Å². The number of phenols is 1. The minimum atomic E-state index is -0.640. The summed E-state index contributed by atoms with van der Waals surface area (Å²) in [6, 6.07) is 2.97. The van der Waals surface area contributed by atoms with Gasteiger partial charge in [-0.15, -0.1) is 0 Å². The molecule has 0 saturated carbocycles. The fourth-order valence-electron chi connectivity index (χ4n) is 3.19. The maximum atomic E-state index is 12.4. The van der Waals surface area contributed by atoms with Crippen LogP contribution in [0.4, 0.5) is 0 Å². The number of aromatic hydroxyl groups is 1. The number of hydrogen-bond acceptors (Lipinski definition) is 5. The molecule has 1 N–H and O–H groups in total. The molecule has 1 amide bonds. The lowest BCUT2D eigenvalue weighted by atomic mass is 10.0. The van der Waals surface area contributed by atoms with Gasteiger partial charge in [0.2, 0.25) is 5.91 Å². The van der Waals surface area contributed by atoms with E-state index in [1.165, 1.54) is 6.07 Å². The Hall–Kier alpha value is -2.63. The van der Waals surface area contributed by atoms with Crippen molar-refractivity contribution in [3.05, 3.63) is 39.2 Å². The highest BCUT2D eigenvalue weighted by Gasteiger charge is 2.22. The number of aldehydes is 1. The number of benzene rings is 1. The maximum Gasteiger partial charge on any atom is 0.340 e. The van der Waals surface area contributed by atoms with Crippen molar-refractivity contribution in [2.45, 2.75) is 32.6 Å². The van der Waals surface area contributed by atoms with Crippen molar-refractivity contribution >= 4 is 23.2 Å². The molecule has 1 aromatic carbocycles. The van der Waals surface area contributed by atoms with Gasteiger partial charge in [-0.25, -0.2) is 4.79 Å².